The van der Waals surface area contributed by atoms with Gasteiger partial charge in [-0.1, -0.05) is 81.1 Å². The summed E-state index contributed by atoms with van der Waals surface area (Å²) >= 11 is 6.88. The summed E-state index contributed by atoms with van der Waals surface area (Å²) in [6.07, 6.45) is 7.96. The highest BCUT2D eigenvalue weighted by atomic mass is 32.2. The van der Waals surface area contributed by atoms with Gasteiger partial charge in [0.15, 0.2) is 0 Å². The molecule has 0 bridgehead atoms. The third-order valence-corrected chi connectivity index (χ3v) is 4.24. The number of hydrogen-bond acceptors (Lipinski definition) is 3. The molecule has 0 spiro atoms. The van der Waals surface area contributed by atoms with Crippen molar-refractivity contribution < 1.29 is 4.74 Å². The minimum absolute atomic E-state index is 0.586. The lowest BCUT2D eigenvalue weighted by molar-refractivity contribution is 0.310. The number of benzene rings is 1. The Hall–Kier alpha value is -0.540. The maximum Gasteiger partial charge on any atom is 0.220 e. The van der Waals surface area contributed by atoms with Gasteiger partial charge in [0.25, 0.3) is 0 Å². The van der Waals surface area contributed by atoms with E-state index in [0.717, 1.165) is 5.75 Å². The van der Waals surface area contributed by atoms with Crippen molar-refractivity contribution in [2.75, 3.05) is 5.75 Å². The topological polar surface area (TPSA) is 9.23 Å². The average molecular weight is 297 g/mol. The highest BCUT2D eigenvalue weighted by Crippen LogP contribution is 2.13. The fourth-order valence-corrected chi connectivity index (χ4v) is 2.76. The Kier molecular flexibility index (Phi) is 9.82. The molecule has 1 rings (SSSR count). The molecule has 0 saturated heterocycles. The summed E-state index contributed by atoms with van der Waals surface area (Å²) in [5, 5.41) is 0. The second-order valence-electron chi connectivity index (χ2n) is 4.64. The smallest absolute Gasteiger partial charge is 0.220 e. The molecule has 0 aliphatic carbocycles. The Bertz CT molecular complexity index is 338. The highest BCUT2D eigenvalue weighted by molar-refractivity contribution is 8.22. The summed E-state index contributed by atoms with van der Waals surface area (Å²) in [5.41, 5.74) is 1.17. The molecule has 1 aromatic carbocycles. The van der Waals surface area contributed by atoms with Gasteiger partial charge < -0.3 is 4.74 Å². The van der Waals surface area contributed by atoms with E-state index < -0.39 is 0 Å². The Morgan fingerprint density at radius 3 is 2.47 bits per heavy atom. The van der Waals surface area contributed by atoms with Gasteiger partial charge in [0, 0.05) is 5.75 Å². The quantitative estimate of drug-likeness (QED) is 0.435. The SMILES string of the molecule is CCCCCCCCSC(=S)OCc1ccccc1. The van der Waals surface area contributed by atoms with E-state index in [4.69, 9.17) is 17.0 Å². The molecule has 19 heavy (non-hydrogen) atoms. The predicted molar refractivity (Wildman–Crippen MR) is 89.7 cm³/mol. The standard InChI is InChI=1S/C16H24OS2/c1-2-3-4-5-6-10-13-19-16(18)17-14-15-11-8-7-9-12-15/h7-9,11-12H,2-6,10,13-14H2,1H3. The van der Waals surface area contributed by atoms with Crippen LogP contribution in [0.1, 0.15) is 51.0 Å². The molecule has 0 aliphatic rings. The number of unbranched alkanes of at least 4 members (excludes halogenated alkanes) is 5. The van der Waals surface area contributed by atoms with E-state index >= 15 is 0 Å². The molecule has 0 aromatic heterocycles. The molecule has 1 aromatic rings. The molecule has 0 saturated carbocycles. The molecular weight excluding hydrogens is 272 g/mol. The van der Waals surface area contributed by atoms with Crippen molar-refractivity contribution in [3.63, 3.8) is 0 Å². The molecule has 0 amide bonds. The van der Waals surface area contributed by atoms with E-state index in [1.165, 1.54) is 44.1 Å². The van der Waals surface area contributed by atoms with Crippen molar-refractivity contribution >= 4 is 28.4 Å². The Morgan fingerprint density at radius 2 is 1.74 bits per heavy atom. The van der Waals surface area contributed by atoms with Crippen LogP contribution in [-0.2, 0) is 11.3 Å². The lowest BCUT2D eigenvalue weighted by Gasteiger charge is -2.07. The second kappa shape index (κ2) is 11.3. The number of thiocarbonyl (C=S) groups is 1. The van der Waals surface area contributed by atoms with Crippen LogP contribution in [0, 0.1) is 0 Å². The fourth-order valence-electron chi connectivity index (χ4n) is 1.80. The molecule has 106 valence electrons. The molecule has 0 heterocycles. The monoisotopic (exact) mass is 296 g/mol. The second-order valence-corrected chi connectivity index (χ2v) is 6.34. The fraction of sp³-hybridized carbons (Fsp3) is 0.562. The normalized spacial score (nSPS) is 10.4. The van der Waals surface area contributed by atoms with Crippen LogP contribution in [0.25, 0.3) is 0 Å². The first-order valence-electron chi connectivity index (χ1n) is 7.16. The van der Waals surface area contributed by atoms with Gasteiger partial charge in [0.05, 0.1) is 0 Å². The van der Waals surface area contributed by atoms with Crippen LogP contribution in [0.5, 0.6) is 0 Å². The molecule has 1 nitrogen and oxygen atoms in total. The van der Waals surface area contributed by atoms with Crippen molar-refractivity contribution in [2.45, 2.75) is 52.1 Å². The zero-order valence-corrected chi connectivity index (χ0v) is 13.4. The molecule has 0 radical (unpaired) electrons. The highest BCUT2D eigenvalue weighted by Gasteiger charge is 2.00. The van der Waals surface area contributed by atoms with E-state index in [1.807, 2.05) is 18.2 Å². The summed E-state index contributed by atoms with van der Waals surface area (Å²) in [6.45, 7) is 2.83. The third-order valence-electron chi connectivity index (χ3n) is 2.92. The van der Waals surface area contributed by atoms with Gasteiger partial charge >= 0.3 is 0 Å². The first-order valence-corrected chi connectivity index (χ1v) is 8.55. The summed E-state index contributed by atoms with van der Waals surface area (Å²) in [5.74, 6) is 1.08. The van der Waals surface area contributed by atoms with Gasteiger partial charge in [-0.25, -0.2) is 0 Å². The number of ether oxygens (including phenoxy) is 1. The number of thioether (sulfide) groups is 1. The van der Waals surface area contributed by atoms with Gasteiger partial charge in [0.2, 0.25) is 4.38 Å². The van der Waals surface area contributed by atoms with Gasteiger partial charge in [-0.3, -0.25) is 0 Å². The lowest BCUT2D eigenvalue weighted by Crippen LogP contribution is -1.98. The van der Waals surface area contributed by atoms with Gasteiger partial charge in [-0.2, -0.15) is 0 Å². The van der Waals surface area contributed by atoms with Gasteiger partial charge in [0.1, 0.15) is 6.61 Å². The molecule has 0 aliphatic heterocycles. The van der Waals surface area contributed by atoms with Crippen molar-refractivity contribution in [3.8, 4) is 0 Å². The van der Waals surface area contributed by atoms with Crippen LogP contribution in [0.15, 0.2) is 30.3 Å². The summed E-state index contributed by atoms with van der Waals surface area (Å²) < 4.78 is 6.25. The average Bonchev–Trinajstić information content (AvgIpc) is 2.45. The van der Waals surface area contributed by atoms with Crippen LogP contribution in [0.4, 0.5) is 0 Å². The zero-order chi connectivity index (χ0) is 13.8. The van der Waals surface area contributed by atoms with Crippen molar-refractivity contribution in [2.24, 2.45) is 0 Å². The molecule has 0 atom stereocenters. The zero-order valence-electron chi connectivity index (χ0n) is 11.8. The molecule has 3 heteroatoms. The van der Waals surface area contributed by atoms with Crippen LogP contribution in [-0.4, -0.2) is 10.1 Å². The molecule has 0 unspecified atom stereocenters. The number of rotatable bonds is 9. The van der Waals surface area contributed by atoms with E-state index in [9.17, 15) is 0 Å². The molecular formula is C16H24OS2. The largest absolute Gasteiger partial charge is 0.474 e. The third kappa shape index (κ3) is 9.06. The van der Waals surface area contributed by atoms with Crippen molar-refractivity contribution in [1.29, 1.82) is 0 Å². The van der Waals surface area contributed by atoms with Crippen LogP contribution in [0.3, 0.4) is 0 Å². The van der Waals surface area contributed by atoms with Crippen LogP contribution in [0.2, 0.25) is 0 Å². The maximum atomic E-state index is 5.57. The van der Waals surface area contributed by atoms with Crippen molar-refractivity contribution in [1.82, 2.24) is 0 Å². The van der Waals surface area contributed by atoms with Crippen LogP contribution >= 0.6 is 24.0 Å². The Labute approximate surface area is 127 Å². The van der Waals surface area contributed by atoms with E-state index in [0.29, 0.717) is 11.0 Å². The van der Waals surface area contributed by atoms with Crippen LogP contribution < -0.4 is 0 Å². The van der Waals surface area contributed by atoms with E-state index in [1.54, 1.807) is 11.8 Å². The minimum Gasteiger partial charge on any atom is -0.474 e. The molecule has 0 N–H and O–H groups in total. The van der Waals surface area contributed by atoms with E-state index in [2.05, 4.69) is 19.1 Å². The maximum absolute atomic E-state index is 5.57. The van der Waals surface area contributed by atoms with Gasteiger partial charge in [-0.15, -0.1) is 0 Å². The molecule has 0 fully saturated rings. The summed E-state index contributed by atoms with van der Waals surface area (Å²) in [4.78, 5) is 0. The lowest BCUT2D eigenvalue weighted by atomic mass is 10.1. The van der Waals surface area contributed by atoms with Gasteiger partial charge in [-0.05, 0) is 24.2 Å². The first-order chi connectivity index (χ1) is 9.33. The predicted octanol–water partition coefficient (Wildman–Crippen LogP) is 5.58. The first kappa shape index (κ1) is 16.5. The van der Waals surface area contributed by atoms with E-state index in [-0.39, 0.29) is 0 Å². The Balaban J connectivity index is 1.96. The summed E-state index contributed by atoms with van der Waals surface area (Å²) in [7, 11) is 0. The Morgan fingerprint density at radius 1 is 1.05 bits per heavy atom. The minimum atomic E-state index is 0.586. The summed E-state index contributed by atoms with van der Waals surface area (Å²) in [6, 6.07) is 10.2. The number of hydrogen-bond donors (Lipinski definition) is 0. The van der Waals surface area contributed by atoms with Crippen molar-refractivity contribution in [3.05, 3.63) is 35.9 Å².